The molecule has 0 aromatic heterocycles. The Labute approximate surface area is 123 Å². The van der Waals surface area contributed by atoms with Gasteiger partial charge in [0.1, 0.15) is 0 Å². The number of hydrogen-bond acceptors (Lipinski definition) is 5. The number of methoxy groups -OCH3 is 2. The zero-order chi connectivity index (χ0) is 15.3. The Hall–Kier alpha value is -1.92. The largest absolute Gasteiger partial charge is 0.465 e. The first-order valence-electron chi connectivity index (χ1n) is 6.81. The second kappa shape index (κ2) is 6.69. The summed E-state index contributed by atoms with van der Waals surface area (Å²) in [6.07, 6.45) is 0.743. The van der Waals surface area contributed by atoms with Crippen molar-refractivity contribution in [2.24, 2.45) is 5.41 Å². The summed E-state index contributed by atoms with van der Waals surface area (Å²) in [7, 11) is 2.93. The summed E-state index contributed by atoms with van der Waals surface area (Å²) < 4.78 is 9.83. The van der Waals surface area contributed by atoms with Crippen LogP contribution in [-0.2, 0) is 14.3 Å². The lowest BCUT2D eigenvalue weighted by Gasteiger charge is -2.25. The summed E-state index contributed by atoms with van der Waals surface area (Å²) >= 11 is 0. The van der Waals surface area contributed by atoms with Crippen LogP contribution < -0.4 is 10.6 Å². The topological polar surface area (TPSA) is 76.7 Å². The lowest BCUT2D eigenvalue weighted by molar-refractivity contribution is -0.127. The molecule has 0 spiro atoms. The summed E-state index contributed by atoms with van der Waals surface area (Å²) in [4.78, 5) is 23.8. The van der Waals surface area contributed by atoms with Gasteiger partial charge in [-0.2, -0.15) is 0 Å². The summed E-state index contributed by atoms with van der Waals surface area (Å²) in [5.41, 5.74) is 0.565. The molecule has 6 nitrogen and oxygen atoms in total. The highest BCUT2D eigenvalue weighted by atomic mass is 16.5. The van der Waals surface area contributed by atoms with Crippen LogP contribution in [0.15, 0.2) is 24.3 Å². The molecule has 2 rings (SSSR count). The van der Waals surface area contributed by atoms with E-state index in [0.717, 1.165) is 13.0 Å². The Morgan fingerprint density at radius 2 is 2.00 bits per heavy atom. The minimum absolute atomic E-state index is 0.0693. The summed E-state index contributed by atoms with van der Waals surface area (Å²) in [5.74, 6) is -0.469. The molecule has 1 aliphatic rings. The second-order valence-electron chi connectivity index (χ2n) is 5.16. The first kappa shape index (κ1) is 15.5. The van der Waals surface area contributed by atoms with Gasteiger partial charge in [0.05, 0.1) is 24.7 Å². The van der Waals surface area contributed by atoms with Crippen LogP contribution in [0.5, 0.6) is 0 Å². The lowest BCUT2D eigenvalue weighted by Crippen LogP contribution is -2.41. The van der Waals surface area contributed by atoms with E-state index in [9.17, 15) is 9.59 Å². The van der Waals surface area contributed by atoms with Crippen molar-refractivity contribution in [3.8, 4) is 0 Å². The maximum absolute atomic E-state index is 12.5. The molecule has 0 radical (unpaired) electrons. The molecule has 1 atom stereocenters. The van der Waals surface area contributed by atoms with Gasteiger partial charge in [-0.25, -0.2) is 4.79 Å². The average Bonchev–Trinajstić information content (AvgIpc) is 2.97. The van der Waals surface area contributed by atoms with Crippen molar-refractivity contribution >= 4 is 17.6 Å². The van der Waals surface area contributed by atoms with Gasteiger partial charge in [-0.1, -0.05) is 0 Å². The van der Waals surface area contributed by atoms with E-state index in [1.165, 1.54) is 7.11 Å². The van der Waals surface area contributed by atoms with Crippen molar-refractivity contribution in [2.45, 2.75) is 6.42 Å². The Balaban J connectivity index is 2.06. The molecule has 1 aromatic rings. The van der Waals surface area contributed by atoms with Crippen molar-refractivity contribution < 1.29 is 19.1 Å². The molecule has 1 saturated heterocycles. The maximum Gasteiger partial charge on any atom is 0.337 e. The van der Waals surface area contributed by atoms with E-state index in [1.807, 2.05) is 0 Å². The van der Waals surface area contributed by atoms with Crippen molar-refractivity contribution in [1.29, 1.82) is 0 Å². The number of carbonyl (C=O) groups is 2. The van der Waals surface area contributed by atoms with Gasteiger partial charge < -0.3 is 20.1 Å². The zero-order valence-electron chi connectivity index (χ0n) is 12.3. The van der Waals surface area contributed by atoms with Crippen LogP contribution in [0, 0.1) is 5.41 Å². The van der Waals surface area contributed by atoms with Crippen LogP contribution in [0.3, 0.4) is 0 Å². The van der Waals surface area contributed by atoms with E-state index >= 15 is 0 Å². The molecule has 114 valence electrons. The minimum atomic E-state index is -0.532. The number of nitrogens with one attached hydrogen (secondary N) is 2. The van der Waals surface area contributed by atoms with Crippen LogP contribution in [-0.4, -0.2) is 45.8 Å². The van der Waals surface area contributed by atoms with E-state index in [0.29, 0.717) is 24.4 Å². The summed E-state index contributed by atoms with van der Waals surface area (Å²) in [5, 5.41) is 6.08. The average molecular weight is 292 g/mol. The predicted octanol–water partition coefficient (Wildman–Crippen LogP) is 1.04. The van der Waals surface area contributed by atoms with Crippen LogP contribution >= 0.6 is 0 Å². The number of benzene rings is 1. The molecule has 1 unspecified atom stereocenters. The highest BCUT2D eigenvalue weighted by Crippen LogP contribution is 2.27. The smallest absolute Gasteiger partial charge is 0.337 e. The molecule has 1 aromatic carbocycles. The molecule has 1 fully saturated rings. The van der Waals surface area contributed by atoms with Gasteiger partial charge in [0, 0.05) is 19.3 Å². The third-order valence-electron chi connectivity index (χ3n) is 3.71. The molecule has 6 heteroatoms. The molecule has 21 heavy (non-hydrogen) atoms. The highest BCUT2D eigenvalue weighted by Gasteiger charge is 2.41. The minimum Gasteiger partial charge on any atom is -0.465 e. The first-order chi connectivity index (χ1) is 10.1. The lowest BCUT2D eigenvalue weighted by atomic mass is 9.87. The van der Waals surface area contributed by atoms with Gasteiger partial charge in [0.15, 0.2) is 0 Å². The van der Waals surface area contributed by atoms with E-state index in [2.05, 4.69) is 15.4 Å². The fraction of sp³-hybridized carbons (Fsp3) is 0.467. The monoisotopic (exact) mass is 292 g/mol. The molecular weight excluding hydrogens is 272 g/mol. The number of hydrogen-bond donors (Lipinski definition) is 2. The van der Waals surface area contributed by atoms with Crippen molar-refractivity contribution in [2.75, 3.05) is 39.2 Å². The molecule has 1 amide bonds. The van der Waals surface area contributed by atoms with Crippen molar-refractivity contribution in [3.05, 3.63) is 29.8 Å². The summed E-state index contributed by atoms with van der Waals surface area (Å²) in [6, 6.07) is 6.62. The standard InChI is InChI=1S/C15H20N2O4/c1-20-10-15(7-8-16-9-15)14(19)17-12-5-3-11(4-6-12)13(18)21-2/h3-6,16H,7-10H2,1-2H3,(H,17,19). The van der Waals surface area contributed by atoms with Gasteiger partial charge in [-0.15, -0.1) is 0 Å². The van der Waals surface area contributed by atoms with Crippen molar-refractivity contribution in [3.63, 3.8) is 0 Å². The van der Waals surface area contributed by atoms with Crippen LogP contribution in [0.4, 0.5) is 5.69 Å². The van der Waals surface area contributed by atoms with E-state index in [-0.39, 0.29) is 5.91 Å². The molecule has 2 N–H and O–H groups in total. The van der Waals surface area contributed by atoms with Gasteiger partial charge in [0.2, 0.25) is 5.91 Å². The quantitative estimate of drug-likeness (QED) is 0.793. The molecule has 0 saturated carbocycles. The third kappa shape index (κ3) is 3.40. The van der Waals surface area contributed by atoms with Crippen LogP contribution in [0.1, 0.15) is 16.8 Å². The summed E-state index contributed by atoms with van der Waals surface area (Å²) in [6.45, 7) is 1.79. The van der Waals surface area contributed by atoms with Gasteiger partial charge in [-0.3, -0.25) is 4.79 Å². The van der Waals surface area contributed by atoms with Gasteiger partial charge >= 0.3 is 5.97 Å². The molecular formula is C15H20N2O4. The molecule has 1 aliphatic heterocycles. The zero-order valence-corrected chi connectivity index (χ0v) is 12.3. The number of anilines is 1. The Bertz CT molecular complexity index is 507. The number of rotatable bonds is 5. The number of amides is 1. The Kier molecular flexibility index (Phi) is 4.93. The van der Waals surface area contributed by atoms with Crippen LogP contribution in [0.2, 0.25) is 0 Å². The normalized spacial score (nSPS) is 21.0. The molecule has 1 heterocycles. The maximum atomic E-state index is 12.5. The van der Waals surface area contributed by atoms with Crippen molar-refractivity contribution in [1.82, 2.24) is 5.32 Å². The Morgan fingerprint density at radius 1 is 1.29 bits per heavy atom. The number of carbonyl (C=O) groups excluding carboxylic acids is 2. The third-order valence-corrected chi connectivity index (χ3v) is 3.71. The molecule has 0 aliphatic carbocycles. The van der Waals surface area contributed by atoms with Gasteiger partial charge in [-0.05, 0) is 37.2 Å². The van der Waals surface area contributed by atoms with Crippen LogP contribution in [0.25, 0.3) is 0 Å². The Morgan fingerprint density at radius 3 is 2.52 bits per heavy atom. The van der Waals surface area contributed by atoms with Gasteiger partial charge in [0.25, 0.3) is 0 Å². The number of ether oxygens (including phenoxy) is 2. The highest BCUT2D eigenvalue weighted by molar-refractivity contribution is 5.96. The predicted molar refractivity (Wildman–Crippen MR) is 78.2 cm³/mol. The number of esters is 1. The first-order valence-corrected chi connectivity index (χ1v) is 6.81. The van der Waals surface area contributed by atoms with E-state index in [1.54, 1.807) is 31.4 Å². The fourth-order valence-corrected chi connectivity index (χ4v) is 2.47. The van der Waals surface area contributed by atoms with E-state index < -0.39 is 11.4 Å². The SMILES string of the molecule is COCC1(C(=O)Nc2ccc(C(=O)OC)cc2)CCNC1. The molecule has 0 bridgehead atoms. The second-order valence-corrected chi connectivity index (χ2v) is 5.16. The van der Waals surface area contributed by atoms with E-state index in [4.69, 9.17) is 4.74 Å². The fourth-order valence-electron chi connectivity index (χ4n) is 2.47.